The van der Waals surface area contributed by atoms with Gasteiger partial charge in [0.15, 0.2) is 0 Å². The van der Waals surface area contributed by atoms with Gasteiger partial charge in [-0.25, -0.2) is 0 Å². The minimum Gasteiger partial charge on any atom is -0.492 e. The van der Waals surface area contributed by atoms with Crippen molar-refractivity contribution in [2.75, 3.05) is 13.2 Å². The molecule has 2 aliphatic heterocycles. The van der Waals surface area contributed by atoms with Gasteiger partial charge in [-0.1, -0.05) is 12.5 Å². The van der Waals surface area contributed by atoms with Crippen LogP contribution in [0.25, 0.3) is 0 Å². The first-order valence-electron chi connectivity index (χ1n) is 8.30. The average Bonchev–Trinajstić information content (AvgIpc) is 2.93. The predicted octanol–water partition coefficient (Wildman–Crippen LogP) is 3.32. The van der Waals surface area contributed by atoms with E-state index in [1.165, 1.54) is 36.9 Å². The van der Waals surface area contributed by atoms with Crippen LogP contribution in [0.1, 0.15) is 51.2 Å². The lowest BCUT2D eigenvalue weighted by atomic mass is 9.88. The summed E-state index contributed by atoms with van der Waals surface area (Å²) in [6, 6.07) is 7.12. The fraction of sp³-hybridized carbons (Fsp3) is 0.667. The zero-order valence-corrected chi connectivity index (χ0v) is 13.6. The third-order valence-electron chi connectivity index (χ3n) is 5.04. The van der Waals surface area contributed by atoms with E-state index in [1.54, 1.807) is 0 Å². The lowest BCUT2D eigenvalue weighted by Crippen LogP contribution is -2.56. The molecule has 1 aromatic rings. The van der Waals surface area contributed by atoms with E-state index in [9.17, 15) is 0 Å². The highest BCUT2D eigenvalue weighted by Crippen LogP contribution is 2.31. The van der Waals surface area contributed by atoms with Gasteiger partial charge in [-0.05, 0) is 63.4 Å². The summed E-state index contributed by atoms with van der Waals surface area (Å²) >= 11 is 0. The second-order valence-electron chi connectivity index (χ2n) is 7.06. The van der Waals surface area contributed by atoms with E-state index in [0.717, 1.165) is 25.4 Å². The molecular formula is C18H28N2O. The normalized spacial score (nSPS) is 26.1. The standard InChI is InChI=1S/C18H28N2O/c1-14(2)20-9-5-4-8-18(20,3)13-21-17-7-6-15-11-19-12-16(15)10-17/h6-7,10,14,19H,4-5,8-9,11-13H2,1-3H3. The molecule has 3 nitrogen and oxygen atoms in total. The Morgan fingerprint density at radius 1 is 1.24 bits per heavy atom. The van der Waals surface area contributed by atoms with Crippen LogP contribution in [-0.4, -0.2) is 29.6 Å². The quantitative estimate of drug-likeness (QED) is 0.920. The van der Waals surface area contributed by atoms with Crippen molar-refractivity contribution in [2.45, 2.75) is 64.7 Å². The Morgan fingerprint density at radius 3 is 2.86 bits per heavy atom. The summed E-state index contributed by atoms with van der Waals surface area (Å²) in [4.78, 5) is 2.62. The molecule has 0 spiro atoms. The fourth-order valence-corrected chi connectivity index (χ4v) is 3.84. The van der Waals surface area contributed by atoms with Crippen LogP contribution in [0.4, 0.5) is 0 Å². The monoisotopic (exact) mass is 288 g/mol. The van der Waals surface area contributed by atoms with E-state index in [2.05, 4.69) is 49.2 Å². The summed E-state index contributed by atoms with van der Waals surface area (Å²) < 4.78 is 6.18. The Balaban J connectivity index is 1.68. The first kappa shape index (κ1) is 14.9. The third kappa shape index (κ3) is 3.09. The Bertz CT molecular complexity index is 500. The van der Waals surface area contributed by atoms with Crippen molar-refractivity contribution in [3.05, 3.63) is 29.3 Å². The maximum absolute atomic E-state index is 6.18. The van der Waals surface area contributed by atoms with Crippen LogP contribution in [0, 0.1) is 0 Å². The van der Waals surface area contributed by atoms with Crippen molar-refractivity contribution in [1.29, 1.82) is 0 Å². The first-order valence-corrected chi connectivity index (χ1v) is 8.30. The van der Waals surface area contributed by atoms with Crippen LogP contribution in [0.5, 0.6) is 5.75 Å². The van der Waals surface area contributed by atoms with Crippen LogP contribution in [0.15, 0.2) is 18.2 Å². The molecule has 1 unspecified atom stereocenters. The first-order chi connectivity index (χ1) is 10.1. The molecule has 0 aromatic heterocycles. The van der Waals surface area contributed by atoms with Crippen molar-refractivity contribution in [2.24, 2.45) is 0 Å². The predicted molar refractivity (Wildman–Crippen MR) is 86.6 cm³/mol. The molecule has 3 rings (SSSR count). The molecule has 21 heavy (non-hydrogen) atoms. The highest BCUT2D eigenvalue weighted by Gasteiger charge is 2.36. The summed E-state index contributed by atoms with van der Waals surface area (Å²) in [6.07, 6.45) is 3.87. The van der Waals surface area contributed by atoms with Crippen LogP contribution >= 0.6 is 0 Å². The maximum Gasteiger partial charge on any atom is 0.119 e. The molecule has 116 valence electrons. The number of hydrogen-bond donors (Lipinski definition) is 1. The molecule has 1 N–H and O–H groups in total. The van der Waals surface area contributed by atoms with Crippen molar-refractivity contribution in [3.63, 3.8) is 0 Å². The molecule has 0 amide bonds. The van der Waals surface area contributed by atoms with Crippen LogP contribution in [0.2, 0.25) is 0 Å². The number of nitrogens with zero attached hydrogens (tertiary/aromatic N) is 1. The summed E-state index contributed by atoms with van der Waals surface area (Å²) in [6.45, 7) is 10.9. The third-order valence-corrected chi connectivity index (χ3v) is 5.04. The van der Waals surface area contributed by atoms with Crippen molar-refractivity contribution in [3.8, 4) is 5.75 Å². The summed E-state index contributed by atoms with van der Waals surface area (Å²) in [5.41, 5.74) is 2.97. The van der Waals surface area contributed by atoms with Gasteiger partial charge in [0.2, 0.25) is 0 Å². The molecule has 2 heterocycles. The molecule has 1 saturated heterocycles. The number of piperidine rings is 1. The lowest BCUT2D eigenvalue weighted by molar-refractivity contribution is -0.00143. The largest absolute Gasteiger partial charge is 0.492 e. The molecule has 0 aliphatic carbocycles. The highest BCUT2D eigenvalue weighted by molar-refractivity contribution is 5.37. The second-order valence-corrected chi connectivity index (χ2v) is 7.06. The molecule has 1 atom stereocenters. The zero-order chi connectivity index (χ0) is 14.9. The number of ether oxygens (including phenoxy) is 1. The van der Waals surface area contributed by atoms with Crippen molar-refractivity contribution < 1.29 is 4.74 Å². The number of nitrogens with one attached hydrogen (secondary N) is 1. The van der Waals surface area contributed by atoms with E-state index in [0.29, 0.717) is 6.04 Å². The van der Waals surface area contributed by atoms with Gasteiger partial charge < -0.3 is 10.1 Å². The van der Waals surface area contributed by atoms with Gasteiger partial charge in [0.25, 0.3) is 0 Å². The van der Waals surface area contributed by atoms with Crippen LogP contribution < -0.4 is 10.1 Å². The molecular weight excluding hydrogens is 260 g/mol. The zero-order valence-electron chi connectivity index (χ0n) is 13.6. The SMILES string of the molecule is CC(C)N1CCCCC1(C)COc1ccc2c(c1)CNC2. The smallest absolute Gasteiger partial charge is 0.119 e. The maximum atomic E-state index is 6.18. The average molecular weight is 288 g/mol. The van der Waals surface area contributed by atoms with Gasteiger partial charge in [-0.15, -0.1) is 0 Å². The van der Waals surface area contributed by atoms with E-state index in [4.69, 9.17) is 4.74 Å². The van der Waals surface area contributed by atoms with Gasteiger partial charge in [0.05, 0.1) is 5.54 Å². The minimum atomic E-state index is 0.170. The number of fused-ring (bicyclic) bond motifs is 1. The highest BCUT2D eigenvalue weighted by atomic mass is 16.5. The Labute approximate surface area is 128 Å². The summed E-state index contributed by atoms with van der Waals surface area (Å²) in [5.74, 6) is 1.02. The van der Waals surface area contributed by atoms with Gasteiger partial charge in [-0.2, -0.15) is 0 Å². The molecule has 1 aromatic carbocycles. The molecule has 3 heteroatoms. The Morgan fingerprint density at radius 2 is 2.05 bits per heavy atom. The van der Waals surface area contributed by atoms with E-state index in [1.807, 2.05) is 0 Å². The Kier molecular flexibility index (Phi) is 4.23. The van der Waals surface area contributed by atoms with Gasteiger partial charge >= 0.3 is 0 Å². The minimum absolute atomic E-state index is 0.170. The summed E-state index contributed by atoms with van der Waals surface area (Å²) in [5, 5.41) is 3.39. The van der Waals surface area contributed by atoms with Crippen LogP contribution in [0.3, 0.4) is 0 Å². The Hall–Kier alpha value is -1.06. The molecule has 0 bridgehead atoms. The summed E-state index contributed by atoms with van der Waals surface area (Å²) in [7, 11) is 0. The van der Waals surface area contributed by atoms with E-state index in [-0.39, 0.29) is 5.54 Å². The van der Waals surface area contributed by atoms with Crippen molar-refractivity contribution in [1.82, 2.24) is 10.2 Å². The van der Waals surface area contributed by atoms with Crippen LogP contribution in [-0.2, 0) is 13.1 Å². The second kappa shape index (κ2) is 5.98. The number of rotatable bonds is 4. The van der Waals surface area contributed by atoms with E-state index < -0.39 is 0 Å². The van der Waals surface area contributed by atoms with Gasteiger partial charge in [0.1, 0.15) is 12.4 Å². The molecule has 2 aliphatic rings. The fourth-order valence-electron chi connectivity index (χ4n) is 3.84. The molecule has 1 fully saturated rings. The van der Waals surface area contributed by atoms with Gasteiger partial charge in [0, 0.05) is 19.1 Å². The number of likely N-dealkylation sites (tertiary alicyclic amines) is 1. The van der Waals surface area contributed by atoms with Crippen molar-refractivity contribution >= 4 is 0 Å². The lowest BCUT2D eigenvalue weighted by Gasteiger charge is -2.47. The molecule has 0 saturated carbocycles. The number of hydrogen-bond acceptors (Lipinski definition) is 3. The molecule has 0 radical (unpaired) electrons. The van der Waals surface area contributed by atoms with Gasteiger partial charge in [-0.3, -0.25) is 4.90 Å². The number of benzene rings is 1. The van der Waals surface area contributed by atoms with E-state index >= 15 is 0 Å². The topological polar surface area (TPSA) is 24.5 Å².